The molecule has 20 heavy (non-hydrogen) atoms. The quantitative estimate of drug-likeness (QED) is 0.756. The maximum atomic E-state index is 6.13. The van der Waals surface area contributed by atoms with E-state index in [0.29, 0.717) is 15.5 Å². The Morgan fingerprint density at radius 2 is 1.95 bits per heavy atom. The van der Waals surface area contributed by atoms with Crippen molar-refractivity contribution in [3.8, 4) is 0 Å². The molecule has 0 atom stereocenters. The first-order valence-electron chi connectivity index (χ1n) is 7.29. The fourth-order valence-corrected chi connectivity index (χ4v) is 3.47. The fraction of sp³-hybridized carbons (Fsp3) is 0.625. The Balaban J connectivity index is 1.99. The summed E-state index contributed by atoms with van der Waals surface area (Å²) in [6.45, 7) is 2.74. The predicted octanol–water partition coefficient (Wildman–Crippen LogP) is 4.33. The van der Waals surface area contributed by atoms with E-state index in [1.807, 2.05) is 12.1 Å². The third-order valence-electron chi connectivity index (χ3n) is 4.21. The minimum absolute atomic E-state index is 0.366. The van der Waals surface area contributed by atoms with Crippen molar-refractivity contribution >= 4 is 23.2 Å². The van der Waals surface area contributed by atoms with Crippen LogP contribution in [0.1, 0.15) is 31.2 Å². The van der Waals surface area contributed by atoms with Gasteiger partial charge in [-0.25, -0.2) is 0 Å². The Hall–Kier alpha value is -0.280. The number of benzene rings is 1. The predicted molar refractivity (Wildman–Crippen MR) is 85.8 cm³/mol. The molecule has 0 saturated heterocycles. The van der Waals surface area contributed by atoms with Crippen molar-refractivity contribution < 1.29 is 4.74 Å². The Bertz CT molecular complexity index is 430. The van der Waals surface area contributed by atoms with Gasteiger partial charge in [0, 0.05) is 20.2 Å². The Morgan fingerprint density at radius 1 is 1.20 bits per heavy atom. The zero-order valence-corrected chi connectivity index (χ0v) is 13.6. The van der Waals surface area contributed by atoms with Gasteiger partial charge in [0.2, 0.25) is 0 Å². The van der Waals surface area contributed by atoms with E-state index in [9.17, 15) is 0 Å². The van der Waals surface area contributed by atoms with Gasteiger partial charge < -0.3 is 10.1 Å². The number of ether oxygens (including phenoxy) is 1. The largest absolute Gasteiger partial charge is 0.383 e. The lowest BCUT2D eigenvalue weighted by atomic mass is 9.80. The summed E-state index contributed by atoms with van der Waals surface area (Å²) in [6.07, 6.45) is 6.30. The highest BCUT2D eigenvalue weighted by atomic mass is 35.5. The van der Waals surface area contributed by atoms with Gasteiger partial charge in [-0.15, -0.1) is 0 Å². The van der Waals surface area contributed by atoms with Gasteiger partial charge >= 0.3 is 0 Å². The topological polar surface area (TPSA) is 21.3 Å². The standard InChI is InChI=1S/C16H23Cl2NO/c1-20-9-8-19-12-16(6-2-3-7-16)11-13-4-5-14(17)15(18)10-13/h4-5,10,19H,2-3,6-9,11-12H2,1H3. The van der Waals surface area contributed by atoms with Crippen LogP contribution in [0.3, 0.4) is 0 Å². The van der Waals surface area contributed by atoms with Crippen molar-refractivity contribution in [2.24, 2.45) is 5.41 Å². The average molecular weight is 316 g/mol. The van der Waals surface area contributed by atoms with Crippen LogP contribution in [0.2, 0.25) is 10.0 Å². The molecule has 0 heterocycles. The van der Waals surface area contributed by atoms with Crippen molar-refractivity contribution in [3.05, 3.63) is 33.8 Å². The molecule has 0 radical (unpaired) electrons. The molecule has 1 aromatic rings. The molecular formula is C16H23Cl2NO. The smallest absolute Gasteiger partial charge is 0.0595 e. The van der Waals surface area contributed by atoms with Gasteiger partial charge in [0.1, 0.15) is 0 Å². The lowest BCUT2D eigenvalue weighted by molar-refractivity contribution is 0.190. The van der Waals surface area contributed by atoms with Crippen LogP contribution in [0, 0.1) is 5.41 Å². The molecule has 0 bridgehead atoms. The van der Waals surface area contributed by atoms with Crippen molar-refractivity contribution in [2.75, 3.05) is 26.8 Å². The number of nitrogens with one attached hydrogen (secondary N) is 1. The van der Waals surface area contributed by atoms with E-state index in [1.165, 1.54) is 31.2 Å². The van der Waals surface area contributed by atoms with Crippen LogP contribution in [-0.4, -0.2) is 26.8 Å². The molecule has 2 rings (SSSR count). The lowest BCUT2D eigenvalue weighted by Gasteiger charge is -2.30. The zero-order chi connectivity index (χ0) is 14.4. The van der Waals surface area contributed by atoms with E-state index >= 15 is 0 Å². The summed E-state index contributed by atoms with van der Waals surface area (Å²) >= 11 is 12.1. The second-order valence-corrected chi connectivity index (χ2v) is 6.62. The van der Waals surface area contributed by atoms with Crippen LogP contribution in [0.5, 0.6) is 0 Å². The van der Waals surface area contributed by atoms with Gasteiger partial charge in [-0.3, -0.25) is 0 Å². The summed E-state index contributed by atoms with van der Waals surface area (Å²) in [5.41, 5.74) is 1.65. The lowest BCUT2D eigenvalue weighted by Crippen LogP contribution is -2.35. The Kier molecular flexibility index (Phi) is 6.16. The third-order valence-corrected chi connectivity index (χ3v) is 4.95. The molecule has 0 aromatic heterocycles. The van der Waals surface area contributed by atoms with Crippen molar-refractivity contribution in [1.82, 2.24) is 5.32 Å². The number of methoxy groups -OCH3 is 1. The van der Waals surface area contributed by atoms with E-state index in [0.717, 1.165) is 26.1 Å². The monoisotopic (exact) mass is 315 g/mol. The van der Waals surface area contributed by atoms with E-state index in [1.54, 1.807) is 7.11 Å². The van der Waals surface area contributed by atoms with Crippen molar-refractivity contribution in [2.45, 2.75) is 32.1 Å². The Labute approximate surface area is 131 Å². The molecule has 0 aliphatic heterocycles. The van der Waals surface area contributed by atoms with E-state index in [2.05, 4.69) is 11.4 Å². The summed E-state index contributed by atoms with van der Waals surface area (Å²) in [7, 11) is 1.74. The van der Waals surface area contributed by atoms with Crippen LogP contribution in [-0.2, 0) is 11.2 Å². The van der Waals surface area contributed by atoms with Gasteiger partial charge in [-0.1, -0.05) is 42.1 Å². The zero-order valence-electron chi connectivity index (χ0n) is 12.1. The highest BCUT2D eigenvalue weighted by Gasteiger charge is 2.33. The van der Waals surface area contributed by atoms with Crippen LogP contribution in [0.4, 0.5) is 0 Å². The first-order valence-corrected chi connectivity index (χ1v) is 8.04. The molecule has 4 heteroatoms. The molecule has 1 N–H and O–H groups in total. The van der Waals surface area contributed by atoms with E-state index in [-0.39, 0.29) is 0 Å². The minimum Gasteiger partial charge on any atom is -0.383 e. The van der Waals surface area contributed by atoms with Gasteiger partial charge in [-0.2, -0.15) is 0 Å². The first kappa shape index (κ1) is 16.1. The van der Waals surface area contributed by atoms with E-state index < -0.39 is 0 Å². The first-order chi connectivity index (χ1) is 9.65. The molecule has 1 aromatic carbocycles. The highest BCUT2D eigenvalue weighted by molar-refractivity contribution is 6.42. The van der Waals surface area contributed by atoms with Crippen molar-refractivity contribution in [3.63, 3.8) is 0 Å². The number of hydrogen-bond donors (Lipinski definition) is 1. The molecule has 0 amide bonds. The van der Waals surface area contributed by atoms with Crippen LogP contribution in [0.25, 0.3) is 0 Å². The molecule has 1 fully saturated rings. The summed E-state index contributed by atoms with van der Waals surface area (Å²) in [6, 6.07) is 6.02. The Morgan fingerprint density at radius 3 is 2.60 bits per heavy atom. The molecule has 112 valence electrons. The SMILES string of the molecule is COCCNCC1(Cc2ccc(Cl)c(Cl)c2)CCCC1. The van der Waals surface area contributed by atoms with Gasteiger partial charge in [-0.05, 0) is 42.4 Å². The van der Waals surface area contributed by atoms with Crippen LogP contribution in [0.15, 0.2) is 18.2 Å². The third kappa shape index (κ3) is 4.36. The van der Waals surface area contributed by atoms with E-state index in [4.69, 9.17) is 27.9 Å². The summed E-state index contributed by atoms with van der Waals surface area (Å²) in [4.78, 5) is 0. The summed E-state index contributed by atoms with van der Waals surface area (Å²) < 4.78 is 5.09. The highest BCUT2D eigenvalue weighted by Crippen LogP contribution is 2.41. The van der Waals surface area contributed by atoms with Crippen LogP contribution < -0.4 is 5.32 Å². The summed E-state index contributed by atoms with van der Waals surface area (Å²) in [5, 5.41) is 4.82. The number of rotatable bonds is 7. The minimum atomic E-state index is 0.366. The molecular weight excluding hydrogens is 293 g/mol. The number of halogens is 2. The molecule has 1 aliphatic rings. The second-order valence-electron chi connectivity index (χ2n) is 5.80. The molecule has 1 aliphatic carbocycles. The number of hydrogen-bond acceptors (Lipinski definition) is 2. The summed E-state index contributed by atoms with van der Waals surface area (Å²) in [5.74, 6) is 0. The maximum absolute atomic E-state index is 6.13. The normalized spacial score (nSPS) is 17.6. The maximum Gasteiger partial charge on any atom is 0.0595 e. The van der Waals surface area contributed by atoms with Crippen LogP contribution >= 0.6 is 23.2 Å². The molecule has 0 spiro atoms. The van der Waals surface area contributed by atoms with Crippen molar-refractivity contribution in [1.29, 1.82) is 0 Å². The molecule has 2 nitrogen and oxygen atoms in total. The fourth-order valence-electron chi connectivity index (χ4n) is 3.15. The average Bonchev–Trinajstić information content (AvgIpc) is 2.88. The van der Waals surface area contributed by atoms with Gasteiger partial charge in [0.15, 0.2) is 0 Å². The second kappa shape index (κ2) is 7.65. The van der Waals surface area contributed by atoms with Gasteiger partial charge in [0.25, 0.3) is 0 Å². The van der Waals surface area contributed by atoms with Gasteiger partial charge in [0.05, 0.1) is 16.7 Å². The molecule has 0 unspecified atom stereocenters. The molecule has 1 saturated carbocycles.